The predicted octanol–water partition coefficient (Wildman–Crippen LogP) is 0.746. The molecule has 1 aliphatic heterocycles. The molecule has 0 aliphatic carbocycles. The highest BCUT2D eigenvalue weighted by Crippen LogP contribution is 2.07. The van der Waals surface area contributed by atoms with Gasteiger partial charge >= 0.3 is 0 Å². The smallest absolute Gasteiger partial charge is 0.221 e. The molecule has 4 nitrogen and oxygen atoms in total. The molecule has 1 atom stereocenters. The molecule has 1 fully saturated rings. The molecule has 16 heavy (non-hydrogen) atoms. The van der Waals surface area contributed by atoms with E-state index in [9.17, 15) is 4.79 Å². The van der Waals surface area contributed by atoms with Crippen LogP contribution in [0.4, 0.5) is 0 Å². The molecule has 0 saturated carbocycles. The summed E-state index contributed by atoms with van der Waals surface area (Å²) < 4.78 is 2.06. The minimum atomic E-state index is 0.159. The highest BCUT2D eigenvalue weighted by atomic mass is 16.1. The Morgan fingerprint density at radius 2 is 2.25 bits per heavy atom. The Balaban J connectivity index is 1.60. The fourth-order valence-corrected chi connectivity index (χ4v) is 2.07. The fraction of sp³-hybridized carbons (Fsp3) is 0.583. The zero-order valence-corrected chi connectivity index (χ0v) is 9.48. The van der Waals surface area contributed by atoms with Gasteiger partial charge in [0, 0.05) is 37.9 Å². The number of hydrogen-bond donors (Lipinski definition) is 2. The molecule has 1 aromatic rings. The van der Waals surface area contributed by atoms with E-state index >= 15 is 0 Å². The van der Waals surface area contributed by atoms with Gasteiger partial charge in [-0.15, -0.1) is 0 Å². The van der Waals surface area contributed by atoms with Crippen LogP contribution in [-0.2, 0) is 11.3 Å². The molecular weight excluding hydrogens is 202 g/mol. The van der Waals surface area contributed by atoms with E-state index in [1.54, 1.807) is 0 Å². The summed E-state index contributed by atoms with van der Waals surface area (Å²) >= 11 is 0. The molecule has 2 rings (SSSR count). The van der Waals surface area contributed by atoms with Crippen LogP contribution in [0.2, 0.25) is 0 Å². The normalized spacial score (nSPS) is 19.9. The van der Waals surface area contributed by atoms with Gasteiger partial charge in [-0.05, 0) is 31.5 Å². The number of carbonyl (C=O) groups is 1. The number of rotatable bonds is 5. The molecule has 0 bridgehead atoms. The number of hydrogen-bond acceptors (Lipinski definition) is 2. The van der Waals surface area contributed by atoms with Crippen molar-refractivity contribution in [1.82, 2.24) is 15.2 Å². The van der Waals surface area contributed by atoms with E-state index in [2.05, 4.69) is 15.2 Å². The fourth-order valence-electron chi connectivity index (χ4n) is 2.07. The maximum absolute atomic E-state index is 11.6. The summed E-state index contributed by atoms with van der Waals surface area (Å²) in [6.07, 6.45) is 6.95. The summed E-state index contributed by atoms with van der Waals surface area (Å²) in [4.78, 5) is 11.6. The van der Waals surface area contributed by atoms with Crippen molar-refractivity contribution in [3.8, 4) is 0 Å². The maximum Gasteiger partial charge on any atom is 0.221 e. The zero-order valence-electron chi connectivity index (χ0n) is 9.48. The van der Waals surface area contributed by atoms with Crippen molar-refractivity contribution in [2.45, 2.75) is 31.8 Å². The van der Waals surface area contributed by atoms with Crippen LogP contribution in [0.3, 0.4) is 0 Å². The van der Waals surface area contributed by atoms with Gasteiger partial charge in [-0.25, -0.2) is 0 Å². The molecule has 2 N–H and O–H groups in total. The first-order chi connectivity index (χ1) is 7.84. The number of nitrogens with one attached hydrogen (secondary N) is 2. The molecule has 88 valence electrons. The standard InChI is InChI=1S/C12H19N3O/c16-12(10-11-4-3-5-13-11)14-6-9-15-7-1-2-8-15/h1-2,7-8,11,13H,3-6,9-10H2,(H,14,16). The van der Waals surface area contributed by atoms with Gasteiger partial charge in [-0.1, -0.05) is 0 Å². The lowest BCUT2D eigenvalue weighted by atomic mass is 10.1. The minimum absolute atomic E-state index is 0.159. The van der Waals surface area contributed by atoms with Crippen molar-refractivity contribution in [1.29, 1.82) is 0 Å². The minimum Gasteiger partial charge on any atom is -0.354 e. The topological polar surface area (TPSA) is 46.1 Å². The third-order valence-electron chi connectivity index (χ3n) is 2.95. The third kappa shape index (κ3) is 3.38. The molecule has 0 aromatic carbocycles. The van der Waals surface area contributed by atoms with Gasteiger partial charge in [0.1, 0.15) is 0 Å². The second-order valence-electron chi connectivity index (χ2n) is 4.27. The molecule has 1 aromatic heterocycles. The summed E-state index contributed by atoms with van der Waals surface area (Å²) in [6, 6.07) is 4.38. The molecule has 2 heterocycles. The quantitative estimate of drug-likeness (QED) is 0.770. The summed E-state index contributed by atoms with van der Waals surface area (Å²) in [6.45, 7) is 2.61. The van der Waals surface area contributed by atoms with Crippen LogP contribution in [-0.4, -0.2) is 29.6 Å². The average Bonchev–Trinajstić information content (AvgIpc) is 2.90. The molecule has 0 spiro atoms. The summed E-state index contributed by atoms with van der Waals surface area (Å²) in [5.41, 5.74) is 0. The first-order valence-electron chi connectivity index (χ1n) is 5.95. The van der Waals surface area contributed by atoms with Crippen molar-refractivity contribution in [3.05, 3.63) is 24.5 Å². The lowest BCUT2D eigenvalue weighted by Gasteiger charge is -2.10. The second kappa shape index (κ2) is 5.70. The van der Waals surface area contributed by atoms with Crippen LogP contribution >= 0.6 is 0 Å². The van der Waals surface area contributed by atoms with E-state index in [0.29, 0.717) is 19.0 Å². The number of nitrogens with zero attached hydrogens (tertiary/aromatic N) is 1. The highest BCUT2D eigenvalue weighted by Gasteiger charge is 2.16. The van der Waals surface area contributed by atoms with Crippen LogP contribution in [0.5, 0.6) is 0 Å². The number of aromatic nitrogens is 1. The monoisotopic (exact) mass is 221 g/mol. The van der Waals surface area contributed by atoms with E-state index in [-0.39, 0.29) is 5.91 Å². The van der Waals surface area contributed by atoms with Crippen molar-refractivity contribution < 1.29 is 4.79 Å². The average molecular weight is 221 g/mol. The van der Waals surface area contributed by atoms with Gasteiger partial charge in [-0.2, -0.15) is 0 Å². The molecule has 0 radical (unpaired) electrons. The number of carbonyl (C=O) groups excluding carboxylic acids is 1. The number of amides is 1. The Bertz CT molecular complexity index is 315. The van der Waals surface area contributed by atoms with E-state index in [1.807, 2.05) is 24.5 Å². The Morgan fingerprint density at radius 1 is 1.44 bits per heavy atom. The Hall–Kier alpha value is -1.29. The van der Waals surface area contributed by atoms with Crippen LogP contribution in [0.25, 0.3) is 0 Å². The van der Waals surface area contributed by atoms with Crippen LogP contribution in [0.1, 0.15) is 19.3 Å². The third-order valence-corrected chi connectivity index (χ3v) is 2.95. The summed E-state index contributed by atoms with van der Waals surface area (Å²) in [5, 5.41) is 6.27. The Morgan fingerprint density at radius 3 is 2.94 bits per heavy atom. The van der Waals surface area contributed by atoms with E-state index in [4.69, 9.17) is 0 Å². The van der Waals surface area contributed by atoms with Crippen molar-refractivity contribution in [2.75, 3.05) is 13.1 Å². The SMILES string of the molecule is O=C(CC1CCCN1)NCCn1cccc1. The van der Waals surface area contributed by atoms with Crippen molar-refractivity contribution >= 4 is 5.91 Å². The first kappa shape index (κ1) is 11.2. The van der Waals surface area contributed by atoms with E-state index < -0.39 is 0 Å². The Labute approximate surface area is 96.0 Å². The van der Waals surface area contributed by atoms with Crippen LogP contribution in [0, 0.1) is 0 Å². The lowest BCUT2D eigenvalue weighted by Crippen LogP contribution is -2.33. The first-order valence-corrected chi connectivity index (χ1v) is 5.95. The van der Waals surface area contributed by atoms with Gasteiger partial charge < -0.3 is 15.2 Å². The van der Waals surface area contributed by atoms with E-state index in [1.165, 1.54) is 6.42 Å². The lowest BCUT2D eigenvalue weighted by molar-refractivity contribution is -0.121. The highest BCUT2D eigenvalue weighted by molar-refractivity contribution is 5.76. The van der Waals surface area contributed by atoms with Crippen molar-refractivity contribution in [3.63, 3.8) is 0 Å². The Kier molecular flexibility index (Phi) is 3.99. The summed E-state index contributed by atoms with van der Waals surface area (Å²) in [5.74, 6) is 0.159. The van der Waals surface area contributed by atoms with Crippen LogP contribution < -0.4 is 10.6 Å². The largest absolute Gasteiger partial charge is 0.354 e. The van der Waals surface area contributed by atoms with Crippen LogP contribution in [0.15, 0.2) is 24.5 Å². The van der Waals surface area contributed by atoms with Crippen molar-refractivity contribution in [2.24, 2.45) is 0 Å². The molecule has 1 amide bonds. The molecule has 1 saturated heterocycles. The molecule has 1 unspecified atom stereocenters. The molecule has 1 aliphatic rings. The molecule has 4 heteroatoms. The van der Waals surface area contributed by atoms with Gasteiger partial charge in [0.2, 0.25) is 5.91 Å². The van der Waals surface area contributed by atoms with Gasteiger partial charge in [0.15, 0.2) is 0 Å². The van der Waals surface area contributed by atoms with Gasteiger partial charge in [0.05, 0.1) is 0 Å². The second-order valence-corrected chi connectivity index (χ2v) is 4.27. The maximum atomic E-state index is 11.6. The predicted molar refractivity (Wildman–Crippen MR) is 63.1 cm³/mol. The van der Waals surface area contributed by atoms with Gasteiger partial charge in [-0.3, -0.25) is 4.79 Å². The zero-order chi connectivity index (χ0) is 11.2. The summed E-state index contributed by atoms with van der Waals surface area (Å²) in [7, 11) is 0. The van der Waals surface area contributed by atoms with Gasteiger partial charge in [0.25, 0.3) is 0 Å². The van der Waals surface area contributed by atoms with E-state index in [0.717, 1.165) is 19.5 Å². The molecular formula is C12H19N3O.